The monoisotopic (exact) mass is 1310 g/mol. The zero-order valence-corrected chi connectivity index (χ0v) is 56.3. The van der Waals surface area contributed by atoms with Gasteiger partial charge in [0.2, 0.25) is 23.6 Å². The van der Waals surface area contributed by atoms with E-state index in [4.69, 9.17) is 4.74 Å². The Balaban J connectivity index is 0.000000130. The highest BCUT2D eigenvalue weighted by Gasteiger charge is 2.42. The third kappa shape index (κ3) is 15.5. The topological polar surface area (TPSA) is 184 Å². The minimum Gasteiger partial charge on any atom is -0.381 e. The molecule has 8 fully saturated rings. The molecule has 3 atom stereocenters. The number of ether oxygens (including phenoxy) is 1. The summed E-state index contributed by atoms with van der Waals surface area (Å²) in [6.07, 6.45) is 22.8. The predicted molar refractivity (Wildman–Crippen MR) is 366 cm³/mol. The first kappa shape index (κ1) is 67.2. The fraction of sp³-hybridized carbons (Fsp3) is 0.551. The Hall–Kier alpha value is -7.38. The van der Waals surface area contributed by atoms with Gasteiger partial charge < -0.3 is 39.9 Å². The summed E-state index contributed by atoms with van der Waals surface area (Å²) in [6, 6.07) is 24.2. The summed E-state index contributed by atoms with van der Waals surface area (Å²) in [7, 11) is 1.83. The zero-order valence-electron chi connectivity index (χ0n) is 56.3. The second-order valence-electron chi connectivity index (χ2n) is 29.5. The molecule has 0 radical (unpaired) electrons. The summed E-state index contributed by atoms with van der Waals surface area (Å²) >= 11 is 0. The van der Waals surface area contributed by atoms with E-state index in [1.54, 1.807) is 14.7 Å². The molecule has 4 aromatic carbocycles. The van der Waals surface area contributed by atoms with E-state index in [2.05, 4.69) is 80.2 Å². The van der Waals surface area contributed by atoms with Gasteiger partial charge >= 0.3 is 0 Å². The van der Waals surface area contributed by atoms with Gasteiger partial charge in [-0.3, -0.25) is 43.8 Å². The fourth-order valence-corrected chi connectivity index (χ4v) is 17.5. The second kappa shape index (κ2) is 30.2. The summed E-state index contributed by atoms with van der Waals surface area (Å²) in [5, 5.41) is 7.98. The number of benzene rings is 4. The normalized spacial score (nSPS) is 26.0. The van der Waals surface area contributed by atoms with Crippen LogP contribution in [-0.2, 0) is 50.1 Å². The lowest BCUT2D eigenvalue weighted by molar-refractivity contribution is -0.137. The van der Waals surface area contributed by atoms with Crippen LogP contribution in [0.25, 0.3) is 0 Å². The van der Waals surface area contributed by atoms with Gasteiger partial charge in [0.15, 0.2) is 0 Å². The second-order valence-corrected chi connectivity index (χ2v) is 29.5. The Labute approximate surface area is 565 Å². The molecule has 17 nitrogen and oxygen atoms in total. The summed E-state index contributed by atoms with van der Waals surface area (Å²) in [5.74, 6) is 2.12. The number of likely N-dealkylation sites (tertiary alicyclic amines) is 3. The Morgan fingerprint density at radius 1 is 0.438 bits per heavy atom. The van der Waals surface area contributed by atoms with E-state index in [9.17, 15) is 38.0 Å². The van der Waals surface area contributed by atoms with Gasteiger partial charge in [-0.25, -0.2) is 4.39 Å². The van der Waals surface area contributed by atoms with E-state index in [-0.39, 0.29) is 59.6 Å². The lowest BCUT2D eigenvalue weighted by Gasteiger charge is -2.36. The van der Waals surface area contributed by atoms with Crippen LogP contribution in [0.1, 0.15) is 223 Å². The molecule has 7 amide bonds. The number of carbonyl (C=O) groups is 7. The molecule has 3 N–H and O–H groups in total. The van der Waals surface area contributed by atoms with E-state index < -0.39 is 12.1 Å². The van der Waals surface area contributed by atoms with Crippen LogP contribution >= 0.6 is 0 Å². The molecule has 15 rings (SSSR count). The number of hydrogen-bond acceptors (Lipinski definition) is 11. The average molecular weight is 1310 g/mol. The van der Waals surface area contributed by atoms with Gasteiger partial charge in [0.1, 0.15) is 23.9 Å². The molecule has 3 unspecified atom stereocenters. The van der Waals surface area contributed by atoms with Crippen LogP contribution in [0.2, 0.25) is 0 Å². The highest BCUT2D eigenvalue weighted by atomic mass is 19.1. The van der Waals surface area contributed by atoms with Crippen LogP contribution in [-0.4, -0.2) is 154 Å². The first-order chi connectivity index (χ1) is 46.6. The highest BCUT2D eigenvalue weighted by Crippen LogP contribution is 2.39. The molecule has 6 saturated heterocycles. The highest BCUT2D eigenvalue weighted by molar-refractivity contribution is 6.06. The first-order valence-electron chi connectivity index (χ1n) is 36.1. The lowest BCUT2D eigenvalue weighted by atomic mass is 9.85. The number of rotatable bonds is 13. The van der Waals surface area contributed by atoms with E-state index in [0.717, 1.165) is 121 Å². The minimum absolute atomic E-state index is 0.00323. The maximum Gasteiger partial charge on any atom is 0.255 e. The van der Waals surface area contributed by atoms with Gasteiger partial charge in [-0.1, -0.05) is 81.0 Å². The SMILES string of the molecule is C=C1CCC(N2Cc3cc(C4CCN(CC5CCCCC5)CC4)ccc3C2=O)C(=O)N1.C=C1CCC(N2Cc3cc(C4CCN(Cc5ccc(F)cc5)CC4)ccc3C2=O)C(=O)N1.COC1CCC(CN2CCC(c3ccc4c(c3)CN(C3CCC(=O)NC3=O)C4=O)CC2)CC1. The number of allylic oxidation sites excluding steroid dienone is 2. The zero-order chi connectivity index (χ0) is 66.6. The summed E-state index contributed by atoms with van der Waals surface area (Å²) in [5.41, 5.74) is 11.9. The van der Waals surface area contributed by atoms with Gasteiger partial charge in [0.25, 0.3) is 17.7 Å². The number of nitrogens with one attached hydrogen (secondary N) is 3. The molecular formula is C78H98FN9O8. The van der Waals surface area contributed by atoms with Crippen molar-refractivity contribution in [3.8, 4) is 0 Å². The third-order valence-corrected chi connectivity index (χ3v) is 23.2. The van der Waals surface area contributed by atoms with Crippen molar-refractivity contribution in [2.45, 2.75) is 203 Å². The third-order valence-electron chi connectivity index (χ3n) is 23.2. The van der Waals surface area contributed by atoms with Crippen molar-refractivity contribution in [2.24, 2.45) is 11.8 Å². The number of imide groups is 1. The van der Waals surface area contributed by atoms with Crippen molar-refractivity contribution >= 4 is 41.4 Å². The van der Waals surface area contributed by atoms with Crippen molar-refractivity contribution in [3.05, 3.63) is 165 Å². The smallest absolute Gasteiger partial charge is 0.255 e. The van der Waals surface area contributed by atoms with E-state index in [0.29, 0.717) is 74.7 Å². The number of methoxy groups -OCH3 is 1. The standard InChI is InChI=1S/C26H28FN3O2.C26H35N3O4.C26H35N3O2/c1-17-2-9-24(25(31)28-17)30-16-21-14-20(5-8-23(21)26(30)32)19-10-12-29(13-11-19)15-18-3-6-22(27)7-4-18;1-33-21-5-2-17(3-6-21)15-28-12-10-18(11-13-28)19-4-7-22-20(14-19)16-29(26(22)32)23-8-9-24(30)27-25(23)31;1-18-7-10-24(25(30)27-18)29-17-22-15-21(8-9-23(22)26(29)31)20-11-13-28(14-12-20)16-19-5-3-2-4-6-19/h3-8,14,19,24H,1-2,9-13,15-16H2,(H,28,31);4,7,14,17-18,21,23H,2-3,5-6,8-13,15-16H2,1H3,(H,27,30,31);8-9,15,19-20,24H,1-7,10-14,16-17H2,(H,27,30). The molecule has 2 saturated carbocycles. The Kier molecular flexibility index (Phi) is 21.1. The van der Waals surface area contributed by atoms with Crippen LogP contribution < -0.4 is 16.0 Å². The van der Waals surface area contributed by atoms with Crippen molar-refractivity contribution in [1.29, 1.82) is 0 Å². The van der Waals surface area contributed by atoms with Gasteiger partial charge in [-0.15, -0.1) is 0 Å². The van der Waals surface area contributed by atoms with Crippen LogP contribution in [0.3, 0.4) is 0 Å². The maximum atomic E-state index is 13.1. The molecule has 18 heteroatoms. The Morgan fingerprint density at radius 2 is 0.823 bits per heavy atom. The summed E-state index contributed by atoms with van der Waals surface area (Å²) < 4.78 is 18.6. The number of fused-ring (bicyclic) bond motifs is 3. The van der Waals surface area contributed by atoms with E-state index in [1.165, 1.54) is 126 Å². The molecule has 2 aliphatic carbocycles. The Morgan fingerprint density at radius 3 is 1.22 bits per heavy atom. The van der Waals surface area contributed by atoms with Crippen LogP contribution in [0, 0.1) is 17.7 Å². The van der Waals surface area contributed by atoms with Crippen molar-refractivity contribution in [2.75, 3.05) is 59.5 Å². The van der Waals surface area contributed by atoms with Crippen molar-refractivity contribution in [1.82, 2.24) is 45.3 Å². The van der Waals surface area contributed by atoms with Gasteiger partial charge in [0.05, 0.1) is 6.10 Å². The van der Waals surface area contributed by atoms with Crippen molar-refractivity contribution < 1.29 is 42.7 Å². The molecule has 510 valence electrons. The number of halogens is 1. The van der Waals surface area contributed by atoms with Crippen LogP contribution in [0.4, 0.5) is 4.39 Å². The van der Waals surface area contributed by atoms with Crippen molar-refractivity contribution in [3.63, 3.8) is 0 Å². The molecule has 9 aliphatic heterocycles. The molecule has 9 heterocycles. The molecular weight excluding hydrogens is 1210 g/mol. The molecule has 0 spiro atoms. The number of amides is 7. The molecule has 0 bridgehead atoms. The average Bonchev–Trinajstić information content (AvgIpc) is 1.65. The molecule has 4 aromatic rings. The minimum atomic E-state index is -0.548. The Bertz CT molecular complexity index is 3570. The number of nitrogens with zero attached hydrogens (tertiary/aromatic N) is 6. The number of piperidine rings is 6. The van der Waals surface area contributed by atoms with E-state index in [1.807, 2.05) is 37.4 Å². The largest absolute Gasteiger partial charge is 0.381 e. The number of hydrogen-bond donors (Lipinski definition) is 3. The number of carbonyl (C=O) groups excluding carboxylic acids is 7. The van der Waals surface area contributed by atoms with Crippen LogP contribution in [0.5, 0.6) is 0 Å². The first-order valence-corrected chi connectivity index (χ1v) is 36.1. The van der Waals surface area contributed by atoms with Gasteiger partial charge in [-0.05, 0) is 247 Å². The lowest BCUT2D eigenvalue weighted by Crippen LogP contribution is -2.52. The van der Waals surface area contributed by atoms with Crippen LogP contribution in [0.15, 0.2) is 103 Å². The van der Waals surface area contributed by atoms with E-state index >= 15 is 0 Å². The van der Waals surface area contributed by atoms with Gasteiger partial charge in [-0.2, -0.15) is 0 Å². The molecule has 11 aliphatic rings. The van der Waals surface area contributed by atoms with Gasteiger partial charge in [0, 0.05) is 80.9 Å². The molecule has 0 aromatic heterocycles. The quantitative estimate of drug-likeness (QED) is 0.108. The maximum absolute atomic E-state index is 13.1. The molecule has 96 heavy (non-hydrogen) atoms. The predicted octanol–water partition coefficient (Wildman–Crippen LogP) is 11.0. The summed E-state index contributed by atoms with van der Waals surface area (Å²) in [6.45, 7) is 19.2. The fourth-order valence-electron chi connectivity index (χ4n) is 17.5. The summed E-state index contributed by atoms with van der Waals surface area (Å²) in [4.78, 5) is 100.